The normalized spacial score (nSPS) is 23.2. The van der Waals surface area contributed by atoms with Crippen molar-refractivity contribution in [3.05, 3.63) is 33.8 Å². The largest absolute Gasteiger partial charge is 0.363 e. The van der Waals surface area contributed by atoms with E-state index in [1.54, 1.807) is 18.2 Å². The molecule has 1 aromatic carbocycles. The lowest BCUT2D eigenvalue weighted by Crippen LogP contribution is -2.32. The lowest BCUT2D eigenvalue weighted by molar-refractivity contribution is -0.195. The fourth-order valence-electron chi connectivity index (χ4n) is 1.90. The van der Waals surface area contributed by atoms with Gasteiger partial charge in [-0.15, -0.1) is 0 Å². The smallest absolute Gasteiger partial charge is 0.235 e. The SMILES string of the molecule is CC1C(c2c(Cl)cccc2Cl)=NOC1OC(C)(C)C. The molecule has 1 aliphatic heterocycles. The van der Waals surface area contributed by atoms with E-state index in [0.29, 0.717) is 10.0 Å². The Kier molecular flexibility index (Phi) is 4.09. The van der Waals surface area contributed by atoms with Gasteiger partial charge in [-0.3, -0.25) is 0 Å². The molecule has 0 saturated heterocycles. The lowest BCUT2D eigenvalue weighted by Gasteiger charge is -2.25. The summed E-state index contributed by atoms with van der Waals surface area (Å²) in [5.74, 6) is -0.0309. The molecule has 0 amide bonds. The van der Waals surface area contributed by atoms with Crippen LogP contribution in [-0.2, 0) is 9.57 Å². The molecule has 0 spiro atoms. The van der Waals surface area contributed by atoms with Crippen LogP contribution in [0.4, 0.5) is 0 Å². The summed E-state index contributed by atoms with van der Waals surface area (Å²) < 4.78 is 5.82. The molecule has 5 heteroatoms. The minimum Gasteiger partial charge on any atom is -0.363 e. The Balaban J connectivity index is 2.25. The first kappa shape index (κ1) is 14.6. The number of hydrogen-bond acceptors (Lipinski definition) is 3. The first-order valence-electron chi connectivity index (χ1n) is 6.15. The summed E-state index contributed by atoms with van der Waals surface area (Å²) >= 11 is 12.4. The average molecular weight is 302 g/mol. The molecule has 0 radical (unpaired) electrons. The molecule has 104 valence electrons. The van der Waals surface area contributed by atoms with Gasteiger partial charge in [0.15, 0.2) is 0 Å². The number of rotatable bonds is 2. The van der Waals surface area contributed by atoms with Crippen molar-refractivity contribution >= 4 is 28.9 Å². The molecule has 1 aromatic rings. The highest BCUT2D eigenvalue weighted by Gasteiger charge is 2.36. The molecular formula is C14H17Cl2NO2. The third-order valence-electron chi connectivity index (χ3n) is 2.78. The van der Waals surface area contributed by atoms with Gasteiger partial charge in [0.05, 0.1) is 27.3 Å². The van der Waals surface area contributed by atoms with Gasteiger partial charge in [-0.2, -0.15) is 0 Å². The van der Waals surface area contributed by atoms with Gasteiger partial charge in [0, 0.05) is 5.56 Å². The highest BCUT2D eigenvalue weighted by molar-refractivity contribution is 6.40. The van der Waals surface area contributed by atoms with Crippen LogP contribution in [0.1, 0.15) is 33.3 Å². The second-order valence-corrected chi connectivity index (χ2v) is 6.38. The standard InChI is InChI=1S/C14H17Cl2NO2/c1-8-12(11-9(15)6-5-7-10(11)16)17-19-13(8)18-14(2,3)4/h5-8,13H,1-4H3. The van der Waals surface area contributed by atoms with E-state index >= 15 is 0 Å². The number of benzene rings is 1. The van der Waals surface area contributed by atoms with Gasteiger partial charge in [-0.25, -0.2) is 0 Å². The monoisotopic (exact) mass is 301 g/mol. The third kappa shape index (κ3) is 3.22. The van der Waals surface area contributed by atoms with Crippen LogP contribution < -0.4 is 0 Å². The zero-order chi connectivity index (χ0) is 14.2. The Bertz CT molecular complexity index is 488. The molecule has 3 nitrogen and oxygen atoms in total. The number of oxime groups is 1. The predicted molar refractivity (Wildman–Crippen MR) is 77.9 cm³/mol. The predicted octanol–water partition coefficient (Wildman–Crippen LogP) is 4.51. The summed E-state index contributed by atoms with van der Waals surface area (Å²) in [6.45, 7) is 7.92. The van der Waals surface area contributed by atoms with Gasteiger partial charge in [0.1, 0.15) is 0 Å². The van der Waals surface area contributed by atoms with Crippen molar-refractivity contribution < 1.29 is 9.57 Å². The molecular weight excluding hydrogens is 285 g/mol. The van der Waals surface area contributed by atoms with Crippen molar-refractivity contribution in [2.24, 2.45) is 11.1 Å². The molecule has 0 bridgehead atoms. The summed E-state index contributed by atoms with van der Waals surface area (Å²) in [5, 5.41) is 5.23. The Morgan fingerprint density at radius 2 is 1.79 bits per heavy atom. The fourth-order valence-corrected chi connectivity index (χ4v) is 2.49. The van der Waals surface area contributed by atoms with E-state index in [1.807, 2.05) is 27.7 Å². The van der Waals surface area contributed by atoms with Gasteiger partial charge in [0.25, 0.3) is 0 Å². The minimum absolute atomic E-state index is 0.0309. The zero-order valence-corrected chi connectivity index (χ0v) is 12.9. The van der Waals surface area contributed by atoms with E-state index in [1.165, 1.54) is 0 Å². The van der Waals surface area contributed by atoms with Crippen molar-refractivity contribution in [2.45, 2.75) is 39.6 Å². The summed E-state index contributed by atoms with van der Waals surface area (Å²) in [6.07, 6.45) is -0.415. The fraction of sp³-hybridized carbons (Fsp3) is 0.500. The Morgan fingerprint density at radius 3 is 2.32 bits per heavy atom. The minimum atomic E-state index is -0.415. The van der Waals surface area contributed by atoms with Gasteiger partial charge in [0.2, 0.25) is 6.29 Å². The van der Waals surface area contributed by atoms with Crippen LogP contribution in [0.25, 0.3) is 0 Å². The van der Waals surface area contributed by atoms with Crippen molar-refractivity contribution in [2.75, 3.05) is 0 Å². The Morgan fingerprint density at radius 1 is 1.21 bits per heavy atom. The molecule has 0 aliphatic carbocycles. The van der Waals surface area contributed by atoms with Crippen LogP contribution in [0.5, 0.6) is 0 Å². The van der Waals surface area contributed by atoms with Crippen LogP contribution in [0, 0.1) is 5.92 Å². The van der Waals surface area contributed by atoms with Crippen LogP contribution in [0.15, 0.2) is 23.4 Å². The van der Waals surface area contributed by atoms with E-state index in [0.717, 1.165) is 11.3 Å². The molecule has 2 atom stereocenters. The summed E-state index contributed by atoms with van der Waals surface area (Å²) in [4.78, 5) is 5.37. The highest BCUT2D eigenvalue weighted by atomic mass is 35.5. The maximum atomic E-state index is 6.19. The maximum absolute atomic E-state index is 6.19. The van der Waals surface area contributed by atoms with E-state index in [9.17, 15) is 0 Å². The van der Waals surface area contributed by atoms with Crippen molar-refractivity contribution in [3.8, 4) is 0 Å². The second kappa shape index (κ2) is 5.31. The molecule has 0 N–H and O–H groups in total. The summed E-state index contributed by atoms with van der Waals surface area (Å²) in [6, 6.07) is 5.38. The van der Waals surface area contributed by atoms with E-state index in [4.69, 9.17) is 32.8 Å². The molecule has 1 aliphatic rings. The molecule has 0 aromatic heterocycles. The molecule has 2 unspecified atom stereocenters. The molecule has 1 heterocycles. The molecule has 19 heavy (non-hydrogen) atoms. The van der Waals surface area contributed by atoms with Crippen LogP contribution in [0.3, 0.4) is 0 Å². The Labute approximate surface area is 123 Å². The lowest BCUT2D eigenvalue weighted by atomic mass is 9.98. The topological polar surface area (TPSA) is 30.8 Å². The maximum Gasteiger partial charge on any atom is 0.235 e. The summed E-state index contributed by atoms with van der Waals surface area (Å²) in [7, 11) is 0. The van der Waals surface area contributed by atoms with Crippen LogP contribution in [0.2, 0.25) is 10.0 Å². The van der Waals surface area contributed by atoms with Crippen molar-refractivity contribution in [3.63, 3.8) is 0 Å². The molecule has 2 rings (SSSR count). The average Bonchev–Trinajstić information content (AvgIpc) is 2.59. The number of halogens is 2. The van der Waals surface area contributed by atoms with Gasteiger partial charge < -0.3 is 9.57 Å². The van der Waals surface area contributed by atoms with E-state index < -0.39 is 6.29 Å². The van der Waals surface area contributed by atoms with Crippen molar-refractivity contribution in [1.82, 2.24) is 0 Å². The van der Waals surface area contributed by atoms with Gasteiger partial charge >= 0.3 is 0 Å². The van der Waals surface area contributed by atoms with E-state index in [-0.39, 0.29) is 11.5 Å². The Hall–Kier alpha value is -0.770. The van der Waals surface area contributed by atoms with Gasteiger partial charge in [-0.05, 0) is 32.9 Å². The zero-order valence-electron chi connectivity index (χ0n) is 11.4. The highest BCUT2D eigenvalue weighted by Crippen LogP contribution is 2.33. The number of ether oxygens (including phenoxy) is 1. The quantitative estimate of drug-likeness (QED) is 0.805. The third-order valence-corrected chi connectivity index (χ3v) is 3.41. The van der Waals surface area contributed by atoms with Crippen LogP contribution >= 0.6 is 23.2 Å². The number of nitrogens with zero attached hydrogens (tertiary/aromatic N) is 1. The van der Waals surface area contributed by atoms with Gasteiger partial charge in [-0.1, -0.05) is 41.3 Å². The summed E-state index contributed by atoms with van der Waals surface area (Å²) in [5.41, 5.74) is 1.15. The second-order valence-electron chi connectivity index (χ2n) is 5.57. The first-order chi connectivity index (χ1) is 8.79. The van der Waals surface area contributed by atoms with E-state index in [2.05, 4.69) is 5.16 Å². The molecule has 0 fully saturated rings. The van der Waals surface area contributed by atoms with Crippen LogP contribution in [-0.4, -0.2) is 17.6 Å². The van der Waals surface area contributed by atoms with Crippen molar-refractivity contribution in [1.29, 1.82) is 0 Å². The number of hydrogen-bond donors (Lipinski definition) is 0. The molecule has 0 saturated carbocycles. The first-order valence-corrected chi connectivity index (χ1v) is 6.91.